The zero-order chi connectivity index (χ0) is 38.8. The summed E-state index contributed by atoms with van der Waals surface area (Å²) >= 11 is 0. The molecule has 12 heteroatoms. The third-order valence-electron chi connectivity index (χ3n) is 7.03. The maximum absolute atomic E-state index is 12.0. The molecule has 0 aliphatic carbocycles. The minimum atomic E-state index is -0.268. The first-order valence-electron chi connectivity index (χ1n) is 17.0. The molecule has 12 nitrogen and oxygen atoms in total. The molecule has 0 aliphatic heterocycles. The van der Waals surface area contributed by atoms with Crippen LogP contribution in [0.2, 0.25) is 0 Å². The Kier molecular flexibility index (Phi) is 24.4. The fourth-order valence-corrected chi connectivity index (χ4v) is 3.90. The first-order chi connectivity index (χ1) is 24.1. The lowest BCUT2D eigenvalue weighted by molar-refractivity contribution is -0.138. The van der Waals surface area contributed by atoms with Gasteiger partial charge in [-0.2, -0.15) is 0 Å². The van der Waals surface area contributed by atoms with Crippen LogP contribution in [0.15, 0.2) is 60.7 Å². The van der Waals surface area contributed by atoms with E-state index in [1.165, 1.54) is 14.0 Å². The molecule has 0 unspecified atom stereocenters. The Bertz CT molecular complexity index is 1320. The predicted molar refractivity (Wildman–Crippen MR) is 202 cm³/mol. The first kappa shape index (κ1) is 46.2. The largest absolute Gasteiger partial charge is 0.469 e. The van der Waals surface area contributed by atoms with Crippen molar-refractivity contribution in [1.82, 2.24) is 20.4 Å². The van der Waals surface area contributed by atoms with Crippen molar-refractivity contribution in [2.45, 2.75) is 71.4 Å². The molecular weight excluding hydrogens is 652 g/mol. The van der Waals surface area contributed by atoms with Gasteiger partial charge in [0.15, 0.2) is 0 Å². The van der Waals surface area contributed by atoms with E-state index in [1.54, 1.807) is 76.1 Å². The van der Waals surface area contributed by atoms with Gasteiger partial charge in [0.2, 0.25) is 11.8 Å². The summed E-state index contributed by atoms with van der Waals surface area (Å²) in [6, 6.07) is 14.1. The number of hydrogen-bond acceptors (Lipinski definition) is 8. The SMILES string of the molecule is COC(C)=O.C[C@H](CO)NC(=O)c1cccc(/C=C\CCCC(=O)N(C)C)c1.C[C@H](CO)NC(=O)c1cccc(/C=C\CCCC(=O)N(C)C)c1. The molecule has 0 fully saturated rings. The second-order valence-corrected chi connectivity index (χ2v) is 12.2. The highest BCUT2D eigenvalue weighted by Gasteiger charge is 2.10. The maximum atomic E-state index is 12.0. The number of esters is 1. The fourth-order valence-electron chi connectivity index (χ4n) is 3.90. The minimum Gasteiger partial charge on any atom is -0.469 e. The number of aliphatic hydroxyl groups is 2. The number of amides is 4. The topological polar surface area (TPSA) is 166 Å². The summed E-state index contributed by atoms with van der Waals surface area (Å²) in [5, 5.41) is 23.4. The average molecular weight is 711 g/mol. The molecule has 0 heterocycles. The highest BCUT2D eigenvalue weighted by atomic mass is 16.5. The fraction of sp³-hybridized carbons (Fsp3) is 0.462. The summed E-state index contributed by atoms with van der Waals surface area (Å²) in [5.74, 6) is -0.369. The van der Waals surface area contributed by atoms with Gasteiger partial charge >= 0.3 is 5.97 Å². The predicted octanol–water partition coefficient (Wildman–Crippen LogP) is 4.32. The molecule has 51 heavy (non-hydrogen) atoms. The maximum Gasteiger partial charge on any atom is 0.302 e. The number of hydrogen-bond donors (Lipinski definition) is 4. The number of unbranched alkanes of at least 4 members (excludes halogenated alkanes) is 2. The van der Waals surface area contributed by atoms with Gasteiger partial charge in [-0.15, -0.1) is 0 Å². The second kappa shape index (κ2) is 27.0. The Labute approximate surface area is 303 Å². The van der Waals surface area contributed by atoms with E-state index in [4.69, 9.17) is 10.2 Å². The summed E-state index contributed by atoms with van der Waals surface area (Å²) in [5.41, 5.74) is 3.01. The number of benzene rings is 2. The number of methoxy groups -OCH3 is 1. The lowest BCUT2D eigenvalue weighted by atomic mass is 10.1. The highest BCUT2D eigenvalue weighted by Crippen LogP contribution is 2.11. The number of nitrogens with zero attached hydrogens (tertiary/aromatic N) is 2. The van der Waals surface area contributed by atoms with Crippen LogP contribution in [0.4, 0.5) is 0 Å². The van der Waals surface area contributed by atoms with Crippen molar-refractivity contribution in [2.75, 3.05) is 48.5 Å². The molecule has 0 bridgehead atoms. The summed E-state index contributed by atoms with van der Waals surface area (Å²) < 4.78 is 4.11. The van der Waals surface area contributed by atoms with Gasteiger partial charge in [-0.25, -0.2) is 0 Å². The number of nitrogens with one attached hydrogen (secondary N) is 2. The molecular formula is C39H58N4O8. The quantitative estimate of drug-likeness (QED) is 0.148. The smallest absolute Gasteiger partial charge is 0.302 e. The van der Waals surface area contributed by atoms with Crippen molar-refractivity contribution < 1.29 is 38.9 Å². The Morgan fingerprint density at radius 3 is 1.35 bits per heavy atom. The zero-order valence-corrected chi connectivity index (χ0v) is 31.5. The van der Waals surface area contributed by atoms with E-state index in [1.807, 2.05) is 48.6 Å². The number of aliphatic hydroxyl groups excluding tert-OH is 2. The molecule has 0 spiro atoms. The molecule has 282 valence electrons. The molecule has 2 aromatic carbocycles. The van der Waals surface area contributed by atoms with Gasteiger partial charge in [0, 0.05) is 71.2 Å². The van der Waals surface area contributed by atoms with E-state index in [0.717, 1.165) is 36.8 Å². The minimum absolute atomic E-state index is 0.0863. The lowest BCUT2D eigenvalue weighted by Crippen LogP contribution is -2.34. The summed E-state index contributed by atoms with van der Waals surface area (Å²) in [7, 11) is 8.37. The van der Waals surface area contributed by atoms with Crippen LogP contribution in [0.1, 0.15) is 91.1 Å². The summed E-state index contributed by atoms with van der Waals surface area (Å²) in [6.07, 6.45) is 12.3. The van der Waals surface area contributed by atoms with E-state index < -0.39 is 0 Å². The monoisotopic (exact) mass is 710 g/mol. The van der Waals surface area contributed by atoms with Crippen LogP contribution >= 0.6 is 0 Å². The molecule has 2 atom stereocenters. The third kappa shape index (κ3) is 22.5. The van der Waals surface area contributed by atoms with Crippen LogP contribution < -0.4 is 10.6 Å². The normalized spacial score (nSPS) is 11.6. The van der Waals surface area contributed by atoms with E-state index in [-0.39, 0.29) is 54.9 Å². The lowest BCUT2D eigenvalue weighted by Gasteiger charge is -2.10. The number of allylic oxidation sites excluding steroid dienone is 2. The van der Waals surface area contributed by atoms with Crippen molar-refractivity contribution in [3.8, 4) is 0 Å². The Morgan fingerprint density at radius 1 is 0.706 bits per heavy atom. The van der Waals surface area contributed by atoms with Crippen molar-refractivity contribution in [3.63, 3.8) is 0 Å². The van der Waals surface area contributed by atoms with Crippen LogP contribution in [0.3, 0.4) is 0 Å². The molecule has 2 rings (SSSR count). The van der Waals surface area contributed by atoms with Gasteiger partial charge in [-0.1, -0.05) is 48.6 Å². The first-order valence-corrected chi connectivity index (χ1v) is 17.0. The van der Waals surface area contributed by atoms with Gasteiger partial charge in [-0.3, -0.25) is 24.0 Å². The van der Waals surface area contributed by atoms with Crippen LogP contribution in [0, 0.1) is 0 Å². The van der Waals surface area contributed by atoms with Crippen LogP contribution in [-0.4, -0.2) is 110 Å². The third-order valence-corrected chi connectivity index (χ3v) is 7.03. The Balaban J connectivity index is 0.000000865. The van der Waals surface area contributed by atoms with Crippen molar-refractivity contribution in [3.05, 3.63) is 82.9 Å². The van der Waals surface area contributed by atoms with Crippen LogP contribution in [0.25, 0.3) is 12.2 Å². The standard InChI is InChI=1S/2C18H26N2O3.C3H6O2/c2*1-14(13-21)19-18(23)16-10-7-9-15(12-16)8-5-4-6-11-17(22)20(2)3;1-3(4)5-2/h2*5,7-10,12,14,21H,4,6,11,13H2,1-3H3,(H,19,23);1-2H3/b2*8-5-;/t2*14-;/m11./s1. The van der Waals surface area contributed by atoms with Gasteiger partial charge in [-0.05, 0) is 74.9 Å². The number of ether oxygens (including phenoxy) is 1. The van der Waals surface area contributed by atoms with Gasteiger partial charge in [0.05, 0.1) is 20.3 Å². The molecule has 2 aromatic rings. The van der Waals surface area contributed by atoms with E-state index in [9.17, 15) is 24.0 Å². The van der Waals surface area contributed by atoms with Crippen LogP contribution in [0.5, 0.6) is 0 Å². The van der Waals surface area contributed by atoms with E-state index in [2.05, 4.69) is 15.4 Å². The molecule has 0 aromatic heterocycles. The average Bonchev–Trinajstić information content (AvgIpc) is 3.11. The Hall–Kier alpha value is -4.81. The van der Waals surface area contributed by atoms with Crippen LogP contribution in [-0.2, 0) is 19.1 Å². The van der Waals surface area contributed by atoms with Crippen molar-refractivity contribution >= 4 is 41.8 Å². The molecule has 4 amide bonds. The van der Waals surface area contributed by atoms with Gasteiger partial charge < -0.3 is 35.4 Å². The number of carbonyl (C=O) groups excluding carboxylic acids is 5. The van der Waals surface area contributed by atoms with E-state index in [0.29, 0.717) is 24.0 Å². The van der Waals surface area contributed by atoms with Gasteiger partial charge in [0.1, 0.15) is 0 Å². The van der Waals surface area contributed by atoms with Crippen molar-refractivity contribution in [2.24, 2.45) is 0 Å². The Morgan fingerprint density at radius 2 is 1.06 bits per heavy atom. The second-order valence-electron chi connectivity index (χ2n) is 12.2. The summed E-state index contributed by atoms with van der Waals surface area (Å²) in [4.78, 5) is 59.7. The highest BCUT2D eigenvalue weighted by molar-refractivity contribution is 5.95. The molecule has 0 saturated heterocycles. The number of rotatable bonds is 16. The molecule has 0 radical (unpaired) electrons. The summed E-state index contributed by atoms with van der Waals surface area (Å²) in [6.45, 7) is 4.68. The van der Waals surface area contributed by atoms with E-state index >= 15 is 0 Å². The molecule has 0 aliphatic rings. The van der Waals surface area contributed by atoms with Gasteiger partial charge in [0.25, 0.3) is 11.8 Å². The molecule has 4 N–H and O–H groups in total. The zero-order valence-electron chi connectivity index (χ0n) is 31.5. The number of carbonyl (C=O) groups is 5. The van der Waals surface area contributed by atoms with Crippen molar-refractivity contribution in [1.29, 1.82) is 0 Å². The molecule has 0 saturated carbocycles.